The smallest absolute Gasteiger partial charge is 0.425 e. The number of likely N-dealkylation sites (tertiary alicyclic amines) is 1. The quantitative estimate of drug-likeness (QED) is 0.667. The van der Waals surface area contributed by atoms with E-state index in [0.29, 0.717) is 38.4 Å². The van der Waals surface area contributed by atoms with Crippen molar-refractivity contribution in [1.29, 1.82) is 0 Å². The summed E-state index contributed by atoms with van der Waals surface area (Å²) in [4.78, 5) is 24.7. The van der Waals surface area contributed by atoms with E-state index in [0.717, 1.165) is 0 Å². The van der Waals surface area contributed by atoms with Crippen molar-refractivity contribution < 1.29 is 42.1 Å². The number of nitrogens with zero attached hydrogens (tertiary/aromatic N) is 1. The van der Waals surface area contributed by atoms with Gasteiger partial charge in [0.2, 0.25) is 0 Å². The molecule has 11 heteroatoms. The molecule has 1 aromatic rings. The van der Waals surface area contributed by atoms with E-state index in [-0.39, 0.29) is 6.61 Å². The molecule has 2 amide bonds. The Kier molecular flexibility index (Phi) is 6.14. The first kappa shape index (κ1) is 20.7. The van der Waals surface area contributed by atoms with E-state index in [1.165, 1.54) is 4.90 Å². The van der Waals surface area contributed by atoms with Gasteiger partial charge in [-0.3, -0.25) is 0 Å². The highest BCUT2D eigenvalue weighted by atomic mass is 19.4. The molecule has 0 aromatic heterocycles. The number of carboxylic acid groups (broad SMARTS) is 1. The van der Waals surface area contributed by atoms with Crippen molar-refractivity contribution in [3.63, 3.8) is 0 Å². The van der Waals surface area contributed by atoms with Gasteiger partial charge in [0.25, 0.3) is 0 Å². The van der Waals surface area contributed by atoms with Crippen LogP contribution in [0.15, 0.2) is 12.1 Å². The largest absolute Gasteiger partial charge is 0.480 e. The highest BCUT2D eigenvalue weighted by Crippen LogP contribution is 2.31. The lowest BCUT2D eigenvalue weighted by Crippen LogP contribution is -2.40. The molecule has 1 fully saturated rings. The number of alkyl halides is 3. The summed E-state index contributed by atoms with van der Waals surface area (Å²) in [6, 6.07) is -0.0389. The average Bonchev–Trinajstić information content (AvgIpc) is 3.05. The van der Waals surface area contributed by atoms with E-state index in [1.54, 1.807) is 0 Å². The molecular weight excluding hydrogens is 376 g/mol. The molecule has 1 saturated heterocycles. The fraction of sp³-hybridized carbons (Fsp3) is 0.500. The van der Waals surface area contributed by atoms with Crippen LogP contribution in [0.5, 0.6) is 5.75 Å². The van der Waals surface area contributed by atoms with Crippen molar-refractivity contribution >= 4 is 17.7 Å². The molecule has 0 saturated carbocycles. The van der Waals surface area contributed by atoms with Crippen LogP contribution in [0.1, 0.15) is 30.1 Å². The van der Waals surface area contributed by atoms with E-state index in [1.807, 2.05) is 0 Å². The van der Waals surface area contributed by atoms with Gasteiger partial charge in [-0.1, -0.05) is 0 Å². The first-order chi connectivity index (χ1) is 12.5. The summed E-state index contributed by atoms with van der Waals surface area (Å²) in [6.07, 6.45) is -5.92. The zero-order valence-corrected chi connectivity index (χ0v) is 14.2. The van der Waals surface area contributed by atoms with Crippen molar-refractivity contribution in [3.05, 3.63) is 23.5 Å². The van der Waals surface area contributed by atoms with Crippen molar-refractivity contribution in [2.75, 3.05) is 18.5 Å². The topological polar surface area (TPSA) is 99.1 Å². The minimum Gasteiger partial charge on any atom is -0.480 e. The van der Waals surface area contributed by atoms with E-state index >= 15 is 0 Å². The predicted octanol–water partition coefficient (Wildman–Crippen LogP) is 2.84. The third kappa shape index (κ3) is 4.79. The summed E-state index contributed by atoms with van der Waals surface area (Å²) >= 11 is 0. The number of nitrogens with one attached hydrogen (secondary N) is 1. The molecule has 1 unspecified atom stereocenters. The molecular formula is C16H18F4N2O5. The number of urea groups is 1. The van der Waals surface area contributed by atoms with E-state index < -0.39 is 53.1 Å². The monoisotopic (exact) mass is 394 g/mol. The summed E-state index contributed by atoms with van der Waals surface area (Å²) in [6.45, 7) is 0.703. The second-order valence-corrected chi connectivity index (χ2v) is 6.04. The van der Waals surface area contributed by atoms with Crippen molar-refractivity contribution in [1.82, 2.24) is 4.90 Å². The summed E-state index contributed by atoms with van der Waals surface area (Å²) in [5, 5.41) is 20.5. The highest BCUT2D eigenvalue weighted by molar-refractivity contribution is 5.94. The number of carboxylic acids is 1. The van der Waals surface area contributed by atoms with Crippen LogP contribution in [0.4, 0.5) is 28.0 Å². The van der Waals surface area contributed by atoms with E-state index in [2.05, 4.69) is 10.1 Å². The number of benzene rings is 1. The standard InChI is InChI=1S/C16H18F4N2O5/c1-8(16(18,19)20)27-13-6-12(11(17)5-10(13)14(24)25)21-15(26)22-4-2-3-9(22)7-23/h5-6,8-9,23H,2-4,7H2,1H3,(H,21,26)(H,24,25)/t8?,9-/m1/s1. The molecule has 2 rings (SSSR count). The Labute approximate surface area is 151 Å². The van der Waals surface area contributed by atoms with Crippen molar-refractivity contribution in [2.24, 2.45) is 0 Å². The number of aliphatic hydroxyl groups is 1. The fourth-order valence-corrected chi connectivity index (χ4v) is 2.65. The Hall–Kier alpha value is -2.56. The lowest BCUT2D eigenvalue weighted by Gasteiger charge is -2.24. The summed E-state index contributed by atoms with van der Waals surface area (Å²) < 4.78 is 56.9. The Morgan fingerprint density at radius 2 is 2.07 bits per heavy atom. The number of anilines is 1. The van der Waals surface area contributed by atoms with Gasteiger partial charge in [-0.25, -0.2) is 14.0 Å². The third-order valence-corrected chi connectivity index (χ3v) is 4.15. The lowest BCUT2D eigenvalue weighted by molar-refractivity contribution is -0.189. The molecule has 1 aromatic carbocycles. The number of hydrogen-bond acceptors (Lipinski definition) is 4. The molecule has 2 atom stereocenters. The second kappa shape index (κ2) is 7.99. The zero-order valence-electron chi connectivity index (χ0n) is 14.2. The number of ether oxygens (including phenoxy) is 1. The summed E-state index contributed by atoms with van der Waals surface area (Å²) in [5.74, 6) is -3.56. The first-order valence-corrected chi connectivity index (χ1v) is 8.03. The second-order valence-electron chi connectivity index (χ2n) is 6.04. The summed E-state index contributed by atoms with van der Waals surface area (Å²) in [5.41, 5.74) is -1.34. The fourth-order valence-electron chi connectivity index (χ4n) is 2.65. The average molecular weight is 394 g/mol. The van der Waals surface area contributed by atoms with Gasteiger partial charge in [0.1, 0.15) is 17.1 Å². The molecule has 27 heavy (non-hydrogen) atoms. The van der Waals surface area contributed by atoms with Gasteiger partial charge >= 0.3 is 18.2 Å². The van der Waals surface area contributed by atoms with E-state index in [9.17, 15) is 32.3 Å². The minimum atomic E-state index is -4.77. The van der Waals surface area contributed by atoms with Crippen LogP contribution in [-0.2, 0) is 0 Å². The third-order valence-electron chi connectivity index (χ3n) is 4.15. The van der Waals surface area contributed by atoms with E-state index in [4.69, 9.17) is 5.11 Å². The van der Waals surface area contributed by atoms with Crippen LogP contribution in [0, 0.1) is 5.82 Å². The number of rotatable bonds is 5. The van der Waals surface area contributed by atoms with Crippen LogP contribution in [0.2, 0.25) is 0 Å². The molecule has 1 aliphatic heterocycles. The first-order valence-electron chi connectivity index (χ1n) is 8.03. The van der Waals surface area contributed by atoms with Crippen LogP contribution >= 0.6 is 0 Å². The Balaban J connectivity index is 2.30. The van der Waals surface area contributed by atoms with Crippen LogP contribution in [-0.4, -0.2) is 58.6 Å². The SMILES string of the molecule is CC(Oc1cc(NC(=O)N2CCC[C@@H]2CO)c(F)cc1C(=O)O)C(F)(F)F. The number of amides is 2. The number of hydrogen-bond donors (Lipinski definition) is 3. The van der Waals surface area contributed by atoms with Gasteiger partial charge in [-0.2, -0.15) is 13.2 Å². The molecule has 150 valence electrons. The van der Waals surface area contributed by atoms with Gasteiger partial charge in [-0.05, 0) is 25.8 Å². The molecule has 7 nitrogen and oxygen atoms in total. The van der Waals surface area contributed by atoms with Gasteiger partial charge in [0, 0.05) is 12.6 Å². The highest BCUT2D eigenvalue weighted by Gasteiger charge is 2.39. The molecule has 1 heterocycles. The number of carbonyl (C=O) groups excluding carboxylic acids is 1. The maximum atomic E-state index is 14.2. The maximum absolute atomic E-state index is 14.2. The number of halogens is 4. The number of aliphatic hydroxyl groups excluding tert-OH is 1. The number of carbonyl (C=O) groups is 2. The molecule has 0 aliphatic carbocycles. The Bertz CT molecular complexity index is 725. The van der Waals surface area contributed by atoms with Crippen molar-refractivity contribution in [3.8, 4) is 5.75 Å². The van der Waals surface area contributed by atoms with Gasteiger partial charge in [0.15, 0.2) is 6.10 Å². The number of aromatic carboxylic acids is 1. The summed E-state index contributed by atoms with van der Waals surface area (Å²) in [7, 11) is 0. The van der Waals surface area contributed by atoms with Gasteiger partial charge in [0.05, 0.1) is 18.3 Å². The molecule has 1 aliphatic rings. The Morgan fingerprint density at radius 1 is 1.41 bits per heavy atom. The normalized spacial score (nSPS) is 18.3. The molecule has 3 N–H and O–H groups in total. The molecule has 0 radical (unpaired) electrons. The molecule has 0 bridgehead atoms. The minimum absolute atomic E-state index is 0.286. The maximum Gasteiger partial charge on any atom is 0.425 e. The Morgan fingerprint density at radius 3 is 2.63 bits per heavy atom. The van der Waals surface area contributed by atoms with Gasteiger partial charge in [-0.15, -0.1) is 0 Å². The zero-order chi connectivity index (χ0) is 20.4. The van der Waals surface area contributed by atoms with Crippen molar-refractivity contribution in [2.45, 2.75) is 38.1 Å². The van der Waals surface area contributed by atoms with Gasteiger partial charge < -0.3 is 25.2 Å². The van der Waals surface area contributed by atoms with Crippen LogP contribution in [0.25, 0.3) is 0 Å². The lowest BCUT2D eigenvalue weighted by atomic mass is 10.1. The van der Waals surface area contributed by atoms with Crippen LogP contribution in [0.3, 0.4) is 0 Å². The molecule has 0 spiro atoms. The predicted molar refractivity (Wildman–Crippen MR) is 85.3 cm³/mol. The van der Waals surface area contributed by atoms with Crippen LogP contribution < -0.4 is 10.1 Å².